The van der Waals surface area contributed by atoms with Crippen molar-refractivity contribution in [1.29, 1.82) is 5.26 Å². The Bertz CT molecular complexity index is 566. The summed E-state index contributed by atoms with van der Waals surface area (Å²) < 4.78 is 0. The number of fused-ring (bicyclic) bond motifs is 1. The quantitative estimate of drug-likeness (QED) is 0.852. The normalized spacial score (nSPS) is 25.7. The van der Waals surface area contributed by atoms with Crippen LogP contribution in [0, 0.1) is 17.2 Å². The number of piperidine rings is 1. The fraction of sp³-hybridized carbons (Fsp3) is 0.429. The minimum atomic E-state index is 0.0410. The zero-order valence-corrected chi connectivity index (χ0v) is 11.2. The minimum Gasteiger partial charge on any atom is -0.365 e. The highest BCUT2D eigenvalue weighted by Crippen LogP contribution is 2.35. The summed E-state index contributed by atoms with van der Waals surface area (Å²) in [5, 5.41) is 12.7. The molecule has 19 heavy (non-hydrogen) atoms. The second kappa shape index (κ2) is 4.75. The maximum atomic E-state index is 11.8. The Balaban J connectivity index is 2.00. The van der Waals surface area contributed by atoms with Crippen LogP contribution in [0.5, 0.6) is 0 Å². The largest absolute Gasteiger partial charge is 0.365 e. The van der Waals surface area contributed by atoms with E-state index in [9.17, 15) is 10.1 Å². The van der Waals surface area contributed by atoms with Crippen LogP contribution in [-0.2, 0) is 4.79 Å². The average molecular weight is 276 g/mol. The molecule has 2 atom stereocenters. The van der Waals surface area contributed by atoms with Crippen molar-refractivity contribution in [1.82, 2.24) is 5.32 Å². The number of nitrogens with one attached hydrogen (secondary N) is 1. The van der Waals surface area contributed by atoms with Crippen LogP contribution in [0.4, 0.5) is 5.69 Å². The van der Waals surface area contributed by atoms with Gasteiger partial charge >= 0.3 is 0 Å². The van der Waals surface area contributed by atoms with Gasteiger partial charge in [0, 0.05) is 13.1 Å². The lowest BCUT2D eigenvalue weighted by molar-refractivity contribution is -0.122. The molecule has 3 rings (SSSR count). The maximum Gasteiger partial charge on any atom is 0.225 e. The SMILES string of the molecule is N#Cc1c(Cl)cccc1N1CCCC2C(=O)NCC21. The molecule has 0 aromatic heterocycles. The van der Waals surface area contributed by atoms with Crippen molar-refractivity contribution in [2.75, 3.05) is 18.0 Å². The van der Waals surface area contributed by atoms with Gasteiger partial charge in [-0.3, -0.25) is 4.79 Å². The molecule has 0 saturated carbocycles. The van der Waals surface area contributed by atoms with E-state index in [0.29, 0.717) is 17.1 Å². The number of anilines is 1. The third-order valence-corrected chi connectivity index (χ3v) is 4.33. The second-order valence-corrected chi connectivity index (χ2v) is 5.41. The first-order valence-corrected chi connectivity index (χ1v) is 6.83. The van der Waals surface area contributed by atoms with Crippen LogP contribution in [0.25, 0.3) is 0 Å². The lowest BCUT2D eigenvalue weighted by Crippen LogP contribution is -2.46. The first kappa shape index (κ1) is 12.3. The van der Waals surface area contributed by atoms with E-state index in [-0.39, 0.29) is 17.9 Å². The van der Waals surface area contributed by atoms with Crippen molar-refractivity contribution in [3.8, 4) is 6.07 Å². The van der Waals surface area contributed by atoms with E-state index in [2.05, 4.69) is 16.3 Å². The molecule has 1 amide bonds. The summed E-state index contributed by atoms with van der Waals surface area (Å²) in [6.45, 7) is 1.52. The predicted molar refractivity (Wildman–Crippen MR) is 73.0 cm³/mol. The van der Waals surface area contributed by atoms with Crippen LogP contribution < -0.4 is 10.2 Å². The van der Waals surface area contributed by atoms with E-state index in [4.69, 9.17) is 11.6 Å². The summed E-state index contributed by atoms with van der Waals surface area (Å²) in [6.07, 6.45) is 1.89. The number of halogens is 1. The summed E-state index contributed by atoms with van der Waals surface area (Å²) in [4.78, 5) is 13.9. The minimum absolute atomic E-state index is 0.0410. The molecule has 0 radical (unpaired) electrons. The second-order valence-electron chi connectivity index (χ2n) is 5.00. The zero-order valence-electron chi connectivity index (χ0n) is 10.4. The molecular weight excluding hydrogens is 262 g/mol. The molecule has 5 heteroatoms. The number of rotatable bonds is 1. The van der Waals surface area contributed by atoms with Crippen molar-refractivity contribution in [3.05, 3.63) is 28.8 Å². The van der Waals surface area contributed by atoms with Crippen LogP contribution >= 0.6 is 11.6 Å². The zero-order chi connectivity index (χ0) is 13.4. The van der Waals surface area contributed by atoms with Gasteiger partial charge in [-0.1, -0.05) is 17.7 Å². The Labute approximate surface area is 117 Å². The highest BCUT2D eigenvalue weighted by molar-refractivity contribution is 6.32. The number of benzene rings is 1. The molecule has 1 aromatic rings. The van der Waals surface area contributed by atoms with E-state index in [0.717, 1.165) is 25.1 Å². The lowest BCUT2D eigenvalue weighted by atomic mass is 9.90. The molecule has 98 valence electrons. The third kappa shape index (κ3) is 1.95. The van der Waals surface area contributed by atoms with Gasteiger partial charge in [0.2, 0.25) is 5.91 Å². The molecule has 0 spiro atoms. The summed E-state index contributed by atoms with van der Waals surface area (Å²) in [5.74, 6) is 0.175. The van der Waals surface area contributed by atoms with Crippen molar-refractivity contribution >= 4 is 23.2 Å². The number of amides is 1. The molecule has 2 aliphatic rings. The number of hydrogen-bond donors (Lipinski definition) is 1. The molecule has 1 N–H and O–H groups in total. The van der Waals surface area contributed by atoms with E-state index < -0.39 is 0 Å². The summed E-state index contributed by atoms with van der Waals surface area (Å²) in [5.41, 5.74) is 1.35. The highest BCUT2D eigenvalue weighted by Gasteiger charge is 2.41. The Hall–Kier alpha value is -1.73. The number of carbonyl (C=O) groups excluding carboxylic acids is 1. The highest BCUT2D eigenvalue weighted by atomic mass is 35.5. The van der Waals surface area contributed by atoms with Gasteiger partial charge in [0.1, 0.15) is 6.07 Å². The smallest absolute Gasteiger partial charge is 0.225 e. The van der Waals surface area contributed by atoms with Crippen molar-refractivity contribution in [2.24, 2.45) is 5.92 Å². The summed E-state index contributed by atoms with van der Waals surface area (Å²) >= 11 is 6.09. The number of carbonyl (C=O) groups is 1. The van der Waals surface area contributed by atoms with Crippen molar-refractivity contribution in [2.45, 2.75) is 18.9 Å². The molecular formula is C14H14ClN3O. The molecule has 1 aromatic carbocycles. The van der Waals surface area contributed by atoms with Gasteiger partial charge in [0.05, 0.1) is 28.2 Å². The Kier molecular flexibility index (Phi) is 3.08. The monoisotopic (exact) mass is 275 g/mol. The molecule has 0 bridgehead atoms. The fourth-order valence-corrected chi connectivity index (χ4v) is 3.33. The topological polar surface area (TPSA) is 56.1 Å². The first-order chi connectivity index (χ1) is 9.22. The van der Waals surface area contributed by atoms with E-state index in [1.165, 1.54) is 0 Å². The van der Waals surface area contributed by atoms with Crippen molar-refractivity contribution < 1.29 is 4.79 Å². The van der Waals surface area contributed by atoms with Gasteiger partial charge in [0.15, 0.2) is 0 Å². The number of nitrogens with zero attached hydrogens (tertiary/aromatic N) is 2. The van der Waals surface area contributed by atoms with Crippen LogP contribution in [0.2, 0.25) is 5.02 Å². The number of hydrogen-bond acceptors (Lipinski definition) is 3. The average Bonchev–Trinajstić information content (AvgIpc) is 2.80. The van der Waals surface area contributed by atoms with Crippen LogP contribution in [0.3, 0.4) is 0 Å². The van der Waals surface area contributed by atoms with Crippen molar-refractivity contribution in [3.63, 3.8) is 0 Å². The maximum absolute atomic E-state index is 11.8. The lowest BCUT2D eigenvalue weighted by Gasteiger charge is -2.38. The van der Waals surface area contributed by atoms with Crippen LogP contribution in [-0.4, -0.2) is 25.0 Å². The predicted octanol–water partition coefficient (Wildman–Crippen LogP) is 1.93. The Morgan fingerprint density at radius 2 is 2.32 bits per heavy atom. The van der Waals surface area contributed by atoms with Gasteiger partial charge in [-0.05, 0) is 25.0 Å². The van der Waals surface area contributed by atoms with Gasteiger partial charge in [-0.25, -0.2) is 0 Å². The van der Waals surface area contributed by atoms with Crippen LogP contribution in [0.1, 0.15) is 18.4 Å². The van der Waals surface area contributed by atoms with E-state index in [1.807, 2.05) is 12.1 Å². The van der Waals surface area contributed by atoms with Gasteiger partial charge in [0.25, 0.3) is 0 Å². The Morgan fingerprint density at radius 1 is 1.47 bits per heavy atom. The fourth-order valence-electron chi connectivity index (χ4n) is 3.11. The van der Waals surface area contributed by atoms with E-state index >= 15 is 0 Å². The molecule has 2 fully saturated rings. The summed E-state index contributed by atoms with van der Waals surface area (Å²) in [6, 6.07) is 7.81. The van der Waals surface area contributed by atoms with Gasteiger partial charge < -0.3 is 10.2 Å². The molecule has 0 aliphatic carbocycles. The van der Waals surface area contributed by atoms with E-state index in [1.54, 1.807) is 6.07 Å². The van der Waals surface area contributed by atoms with Gasteiger partial charge in [-0.15, -0.1) is 0 Å². The first-order valence-electron chi connectivity index (χ1n) is 6.45. The third-order valence-electron chi connectivity index (χ3n) is 4.01. The standard InChI is InChI=1S/C14H14ClN3O/c15-11-4-1-5-12(10(11)7-16)18-6-2-3-9-13(18)8-17-14(9)19/h1,4-5,9,13H,2-3,6,8H2,(H,17,19). The number of nitriles is 1. The molecule has 2 heterocycles. The summed E-state index contributed by atoms with van der Waals surface area (Å²) in [7, 11) is 0. The van der Waals surface area contributed by atoms with Gasteiger partial charge in [-0.2, -0.15) is 5.26 Å². The molecule has 4 nitrogen and oxygen atoms in total. The molecule has 2 saturated heterocycles. The molecule has 2 aliphatic heterocycles. The van der Waals surface area contributed by atoms with Crippen LogP contribution in [0.15, 0.2) is 18.2 Å². The Morgan fingerprint density at radius 3 is 3.11 bits per heavy atom. The molecule has 2 unspecified atom stereocenters.